The predicted molar refractivity (Wildman–Crippen MR) is 112 cm³/mol. The summed E-state index contributed by atoms with van der Waals surface area (Å²) >= 11 is 1.08. The van der Waals surface area contributed by atoms with Crippen LogP contribution in [0, 0.1) is 13.8 Å². The molecular formula is C20H20F3N3O5S. The molecule has 2 N–H and O–H groups in total. The Balaban J connectivity index is 1.74. The molecule has 172 valence electrons. The highest BCUT2D eigenvalue weighted by Crippen LogP contribution is 2.30. The summed E-state index contributed by atoms with van der Waals surface area (Å²) in [6.45, 7) is 2.21. The number of nitrogens with zero attached hydrogens (tertiary/aromatic N) is 1. The first-order chi connectivity index (χ1) is 15.1. The topological polar surface area (TPSA) is 103 Å². The number of aromatic amines is 1. The Bertz CT molecular complexity index is 1140. The molecule has 1 amide bonds. The van der Waals surface area contributed by atoms with Crippen LogP contribution in [0.4, 0.5) is 18.3 Å². The second-order valence-electron chi connectivity index (χ2n) is 6.76. The maximum absolute atomic E-state index is 12.7. The van der Waals surface area contributed by atoms with E-state index in [0.29, 0.717) is 21.5 Å². The lowest BCUT2D eigenvalue weighted by Crippen LogP contribution is -2.19. The number of ether oxygens (including phenoxy) is 3. The highest BCUT2D eigenvalue weighted by molar-refractivity contribution is 7.22. The molecule has 2 aromatic heterocycles. The first-order valence-electron chi connectivity index (χ1n) is 9.35. The van der Waals surface area contributed by atoms with Crippen molar-refractivity contribution in [3.8, 4) is 5.75 Å². The third-order valence-corrected chi connectivity index (χ3v) is 5.31. The minimum Gasteiger partial charge on any atom is -0.484 e. The fourth-order valence-electron chi connectivity index (χ4n) is 2.95. The van der Waals surface area contributed by atoms with E-state index in [4.69, 9.17) is 14.2 Å². The fraction of sp³-hybridized carbons (Fsp3) is 0.350. The molecule has 0 spiro atoms. The average Bonchev–Trinajstić information content (AvgIpc) is 3.24. The van der Waals surface area contributed by atoms with Crippen molar-refractivity contribution in [1.29, 1.82) is 0 Å². The van der Waals surface area contributed by atoms with Crippen LogP contribution in [0.3, 0.4) is 0 Å². The largest absolute Gasteiger partial charge is 0.484 e. The number of H-pyrrole nitrogens is 1. The monoisotopic (exact) mass is 471 g/mol. The molecule has 8 nitrogen and oxygen atoms in total. The minimum atomic E-state index is -4.44. The fourth-order valence-corrected chi connectivity index (χ4v) is 3.84. The van der Waals surface area contributed by atoms with E-state index < -0.39 is 24.7 Å². The Morgan fingerprint density at radius 1 is 1.22 bits per heavy atom. The zero-order valence-electron chi connectivity index (χ0n) is 17.4. The highest BCUT2D eigenvalue weighted by Gasteiger charge is 2.28. The Hall–Kier alpha value is -3.12. The van der Waals surface area contributed by atoms with Gasteiger partial charge in [0.25, 0.3) is 5.91 Å². The summed E-state index contributed by atoms with van der Waals surface area (Å²) in [7, 11) is 1.49. The van der Waals surface area contributed by atoms with Crippen LogP contribution in [0.1, 0.15) is 32.1 Å². The number of carbonyl (C=O) groups excluding carboxylic acids is 2. The zero-order valence-corrected chi connectivity index (χ0v) is 18.2. The Kier molecular flexibility index (Phi) is 7.04. The molecule has 3 rings (SSSR count). The summed E-state index contributed by atoms with van der Waals surface area (Å²) in [4.78, 5) is 32.2. The molecule has 12 heteroatoms. The quantitative estimate of drug-likeness (QED) is 0.376. The van der Waals surface area contributed by atoms with Crippen molar-refractivity contribution in [3.05, 3.63) is 40.7 Å². The molecule has 0 fully saturated rings. The number of fused-ring (bicyclic) bond motifs is 1. The van der Waals surface area contributed by atoms with E-state index >= 15 is 0 Å². The number of rotatable bonds is 8. The Morgan fingerprint density at radius 3 is 2.66 bits per heavy atom. The van der Waals surface area contributed by atoms with Crippen LogP contribution in [0.2, 0.25) is 0 Å². The van der Waals surface area contributed by atoms with Gasteiger partial charge in [0, 0.05) is 12.8 Å². The van der Waals surface area contributed by atoms with Crippen molar-refractivity contribution in [2.24, 2.45) is 0 Å². The number of methoxy groups -OCH3 is 1. The molecule has 0 radical (unpaired) electrons. The smallest absolute Gasteiger partial charge is 0.422 e. The zero-order chi connectivity index (χ0) is 23.5. The number of aromatic nitrogens is 2. The molecule has 2 heterocycles. The molecule has 0 bridgehead atoms. The van der Waals surface area contributed by atoms with Gasteiger partial charge in [0.1, 0.15) is 18.1 Å². The van der Waals surface area contributed by atoms with Crippen LogP contribution < -0.4 is 10.1 Å². The summed E-state index contributed by atoms with van der Waals surface area (Å²) < 4.78 is 52.3. The van der Waals surface area contributed by atoms with Gasteiger partial charge in [-0.05, 0) is 37.6 Å². The minimum absolute atomic E-state index is 0.0452. The lowest BCUT2D eigenvalue weighted by atomic mass is 10.1. The van der Waals surface area contributed by atoms with Crippen molar-refractivity contribution in [2.45, 2.75) is 20.0 Å². The first kappa shape index (κ1) is 23.5. The van der Waals surface area contributed by atoms with E-state index in [1.54, 1.807) is 13.8 Å². The molecule has 1 aromatic carbocycles. The van der Waals surface area contributed by atoms with Crippen LogP contribution in [0.5, 0.6) is 5.75 Å². The predicted octanol–water partition coefficient (Wildman–Crippen LogP) is 4.24. The summed E-state index contributed by atoms with van der Waals surface area (Å²) in [6, 6.07) is 4.30. The van der Waals surface area contributed by atoms with Gasteiger partial charge in [-0.15, -0.1) is 0 Å². The maximum Gasteiger partial charge on any atom is 0.422 e. The van der Waals surface area contributed by atoms with Crippen molar-refractivity contribution in [3.63, 3.8) is 0 Å². The SMILES string of the molecule is COCCOC(=O)c1c(C)[nH]c(C(=O)Nc2nc3ccc(OCC(F)(F)F)cc3s2)c1C. The van der Waals surface area contributed by atoms with E-state index in [-0.39, 0.29) is 35.4 Å². The molecule has 0 aliphatic carbocycles. The lowest BCUT2D eigenvalue weighted by molar-refractivity contribution is -0.153. The number of hydrogen-bond acceptors (Lipinski definition) is 7. The second-order valence-corrected chi connectivity index (χ2v) is 7.79. The summed E-state index contributed by atoms with van der Waals surface area (Å²) in [6.07, 6.45) is -4.44. The summed E-state index contributed by atoms with van der Waals surface area (Å²) in [5.74, 6) is -1.04. The number of alkyl halides is 3. The summed E-state index contributed by atoms with van der Waals surface area (Å²) in [5.41, 5.74) is 1.83. The lowest BCUT2D eigenvalue weighted by Gasteiger charge is -2.08. The number of aryl methyl sites for hydroxylation is 1. The maximum atomic E-state index is 12.7. The van der Waals surface area contributed by atoms with E-state index in [1.165, 1.54) is 25.3 Å². The number of nitrogens with one attached hydrogen (secondary N) is 2. The van der Waals surface area contributed by atoms with Gasteiger partial charge in [-0.2, -0.15) is 13.2 Å². The van der Waals surface area contributed by atoms with Gasteiger partial charge in [0.05, 0.1) is 22.4 Å². The molecule has 0 saturated heterocycles. The van der Waals surface area contributed by atoms with E-state index in [2.05, 4.69) is 15.3 Å². The first-order valence-corrected chi connectivity index (χ1v) is 10.2. The average molecular weight is 471 g/mol. The van der Waals surface area contributed by atoms with Crippen LogP contribution in [0.15, 0.2) is 18.2 Å². The van der Waals surface area contributed by atoms with Gasteiger partial charge in [0.2, 0.25) is 0 Å². The van der Waals surface area contributed by atoms with E-state index in [1.807, 2.05) is 0 Å². The van der Waals surface area contributed by atoms with Gasteiger partial charge in [0.15, 0.2) is 11.7 Å². The number of benzene rings is 1. The van der Waals surface area contributed by atoms with Gasteiger partial charge in [-0.3, -0.25) is 10.1 Å². The number of halogens is 3. The number of hydrogen-bond donors (Lipinski definition) is 2. The van der Waals surface area contributed by atoms with Crippen molar-refractivity contribution >= 4 is 38.6 Å². The molecule has 32 heavy (non-hydrogen) atoms. The van der Waals surface area contributed by atoms with Crippen molar-refractivity contribution in [2.75, 3.05) is 32.2 Å². The molecule has 3 aromatic rings. The third-order valence-electron chi connectivity index (χ3n) is 4.37. The van der Waals surface area contributed by atoms with Crippen LogP contribution >= 0.6 is 11.3 Å². The van der Waals surface area contributed by atoms with Crippen LogP contribution in [-0.4, -0.2) is 55.0 Å². The number of carbonyl (C=O) groups is 2. The number of thiazole rings is 1. The van der Waals surface area contributed by atoms with Gasteiger partial charge in [-0.25, -0.2) is 9.78 Å². The number of anilines is 1. The van der Waals surface area contributed by atoms with Crippen LogP contribution in [0.25, 0.3) is 10.2 Å². The highest BCUT2D eigenvalue weighted by atomic mass is 32.1. The molecular weight excluding hydrogens is 451 g/mol. The molecule has 0 atom stereocenters. The Labute approximate surface area is 184 Å². The number of amides is 1. The van der Waals surface area contributed by atoms with Crippen LogP contribution in [-0.2, 0) is 9.47 Å². The van der Waals surface area contributed by atoms with E-state index in [9.17, 15) is 22.8 Å². The Morgan fingerprint density at radius 2 is 1.97 bits per heavy atom. The van der Waals surface area contributed by atoms with Crippen molar-refractivity contribution in [1.82, 2.24) is 9.97 Å². The van der Waals surface area contributed by atoms with E-state index in [0.717, 1.165) is 11.3 Å². The molecule has 0 saturated carbocycles. The summed E-state index contributed by atoms with van der Waals surface area (Å²) in [5, 5.41) is 2.88. The standard InChI is InChI=1S/C20H20F3N3O5S/c1-10-15(18(28)30-7-6-29-3)11(2)24-16(10)17(27)26-19-25-13-5-4-12(8-14(13)32-19)31-9-20(21,22)23/h4-5,8,24H,6-7,9H2,1-3H3,(H,25,26,27). The number of esters is 1. The molecule has 0 aliphatic rings. The molecule has 0 unspecified atom stereocenters. The van der Waals surface area contributed by atoms with Crippen molar-refractivity contribution < 1.29 is 37.0 Å². The third kappa shape index (κ3) is 5.56. The van der Waals surface area contributed by atoms with Gasteiger partial charge in [-0.1, -0.05) is 11.3 Å². The normalized spacial score (nSPS) is 11.6. The second kappa shape index (κ2) is 9.57. The van der Waals surface area contributed by atoms with Gasteiger partial charge < -0.3 is 19.2 Å². The molecule has 0 aliphatic heterocycles. The van der Waals surface area contributed by atoms with Gasteiger partial charge >= 0.3 is 12.1 Å².